The van der Waals surface area contributed by atoms with Crippen molar-refractivity contribution in [2.24, 2.45) is 17.3 Å². The normalized spacial score (nSPS) is 28.0. The highest BCUT2D eigenvalue weighted by atomic mass is 16.4. The van der Waals surface area contributed by atoms with Gasteiger partial charge >= 0.3 is 11.9 Å². The summed E-state index contributed by atoms with van der Waals surface area (Å²) >= 11 is 0. The molecule has 1 aliphatic rings. The molecule has 5 heteroatoms. The first-order valence-electron chi connectivity index (χ1n) is 5.78. The smallest absolute Gasteiger partial charge is 0.321 e. The molecule has 1 fully saturated rings. The van der Waals surface area contributed by atoms with Gasteiger partial charge in [0.2, 0.25) is 0 Å². The van der Waals surface area contributed by atoms with Crippen LogP contribution in [0.2, 0.25) is 0 Å². The molecule has 0 aliphatic heterocycles. The summed E-state index contributed by atoms with van der Waals surface area (Å²) in [4.78, 5) is 22.4. The minimum Gasteiger partial charge on any atom is -0.480 e. The molecule has 0 aromatic carbocycles. The van der Waals surface area contributed by atoms with Crippen LogP contribution in [-0.2, 0) is 9.59 Å². The van der Waals surface area contributed by atoms with Gasteiger partial charge in [-0.2, -0.15) is 0 Å². The maximum Gasteiger partial charge on any atom is 0.321 e. The molecule has 1 saturated carbocycles. The molecule has 0 heterocycles. The first kappa shape index (κ1) is 14.0. The van der Waals surface area contributed by atoms with Gasteiger partial charge < -0.3 is 15.3 Å². The van der Waals surface area contributed by atoms with E-state index in [9.17, 15) is 14.7 Å². The van der Waals surface area contributed by atoms with E-state index in [1.54, 1.807) is 13.8 Å². The summed E-state index contributed by atoms with van der Waals surface area (Å²) in [7, 11) is 0. The molecular weight excluding hydrogens is 224 g/mol. The highest BCUT2D eigenvalue weighted by Gasteiger charge is 2.55. The third-order valence-electron chi connectivity index (χ3n) is 3.67. The van der Waals surface area contributed by atoms with Gasteiger partial charge in [0, 0.05) is 0 Å². The van der Waals surface area contributed by atoms with Crippen molar-refractivity contribution in [1.82, 2.24) is 0 Å². The van der Waals surface area contributed by atoms with Crippen LogP contribution in [0.5, 0.6) is 0 Å². The van der Waals surface area contributed by atoms with Gasteiger partial charge in [0.1, 0.15) is 0 Å². The van der Waals surface area contributed by atoms with E-state index < -0.39 is 23.0 Å². The lowest BCUT2D eigenvalue weighted by Gasteiger charge is -2.24. The summed E-state index contributed by atoms with van der Waals surface area (Å²) < 4.78 is 0. The van der Waals surface area contributed by atoms with E-state index in [0.717, 1.165) is 0 Å². The Morgan fingerprint density at radius 1 is 1.24 bits per heavy atom. The molecule has 3 N–H and O–H groups in total. The lowest BCUT2D eigenvalue weighted by molar-refractivity contribution is -0.164. The molecule has 98 valence electrons. The molecule has 1 aliphatic carbocycles. The Morgan fingerprint density at radius 2 is 1.71 bits per heavy atom. The van der Waals surface area contributed by atoms with Crippen molar-refractivity contribution >= 4 is 11.9 Å². The van der Waals surface area contributed by atoms with Crippen LogP contribution in [0.25, 0.3) is 0 Å². The standard InChI is InChI=1S/C12H20O5/c1-7-4-12(9(13)14,10(15)16)6-8(7)5-11(2,3)17/h7-8,17H,4-6H2,1-3H3,(H,13,14)(H,15,16)/t7-,8-/m0/s1. The summed E-state index contributed by atoms with van der Waals surface area (Å²) in [6.45, 7) is 5.16. The zero-order valence-electron chi connectivity index (χ0n) is 10.4. The highest BCUT2D eigenvalue weighted by molar-refractivity contribution is 5.98. The van der Waals surface area contributed by atoms with Crippen molar-refractivity contribution in [3.8, 4) is 0 Å². The van der Waals surface area contributed by atoms with Crippen molar-refractivity contribution in [3.05, 3.63) is 0 Å². The minimum absolute atomic E-state index is 0.00590. The second-order valence-corrected chi connectivity index (χ2v) is 5.85. The Kier molecular flexibility index (Phi) is 3.52. The number of hydrogen-bond donors (Lipinski definition) is 3. The molecular formula is C12H20O5. The fourth-order valence-corrected chi connectivity index (χ4v) is 2.80. The third kappa shape index (κ3) is 2.77. The number of carbonyl (C=O) groups is 2. The van der Waals surface area contributed by atoms with E-state index in [0.29, 0.717) is 6.42 Å². The number of aliphatic carboxylic acids is 2. The molecule has 0 aromatic rings. The van der Waals surface area contributed by atoms with Gasteiger partial charge in [-0.15, -0.1) is 0 Å². The third-order valence-corrected chi connectivity index (χ3v) is 3.67. The second kappa shape index (κ2) is 4.29. The number of rotatable bonds is 4. The fraction of sp³-hybridized carbons (Fsp3) is 0.833. The van der Waals surface area contributed by atoms with Crippen molar-refractivity contribution in [2.75, 3.05) is 0 Å². The summed E-state index contributed by atoms with van der Waals surface area (Å²) in [5.74, 6) is -2.61. The molecule has 0 aromatic heterocycles. The van der Waals surface area contributed by atoms with Gasteiger partial charge in [0.25, 0.3) is 0 Å². The molecule has 0 radical (unpaired) electrons. The highest BCUT2D eigenvalue weighted by Crippen LogP contribution is 2.48. The lowest BCUT2D eigenvalue weighted by atomic mass is 9.83. The Morgan fingerprint density at radius 3 is 2.00 bits per heavy atom. The van der Waals surface area contributed by atoms with E-state index in [-0.39, 0.29) is 24.7 Å². The average molecular weight is 244 g/mol. The van der Waals surface area contributed by atoms with Crippen molar-refractivity contribution in [2.45, 2.75) is 45.6 Å². The van der Waals surface area contributed by atoms with Crippen LogP contribution in [0.15, 0.2) is 0 Å². The first-order chi connectivity index (χ1) is 7.58. The molecule has 2 atom stereocenters. The van der Waals surface area contributed by atoms with Crippen LogP contribution >= 0.6 is 0 Å². The largest absolute Gasteiger partial charge is 0.480 e. The zero-order valence-corrected chi connectivity index (χ0v) is 10.4. The quantitative estimate of drug-likeness (QED) is 0.649. The zero-order chi connectivity index (χ0) is 13.4. The van der Waals surface area contributed by atoms with Gasteiger partial charge in [-0.1, -0.05) is 6.92 Å². The maximum absolute atomic E-state index is 11.2. The predicted molar refractivity (Wildman–Crippen MR) is 60.5 cm³/mol. The van der Waals surface area contributed by atoms with E-state index in [4.69, 9.17) is 10.2 Å². The number of carboxylic acid groups (broad SMARTS) is 2. The summed E-state index contributed by atoms with van der Waals surface area (Å²) in [6.07, 6.45) is 0.664. The number of aliphatic hydroxyl groups is 1. The van der Waals surface area contributed by atoms with Crippen LogP contribution in [0.4, 0.5) is 0 Å². The van der Waals surface area contributed by atoms with Crippen LogP contribution in [0.1, 0.15) is 40.0 Å². The van der Waals surface area contributed by atoms with Crippen LogP contribution in [0, 0.1) is 17.3 Å². The Bertz CT molecular complexity index is 314. The monoisotopic (exact) mass is 244 g/mol. The van der Waals surface area contributed by atoms with Gasteiger partial charge in [-0.3, -0.25) is 9.59 Å². The molecule has 0 amide bonds. The van der Waals surface area contributed by atoms with E-state index >= 15 is 0 Å². The average Bonchev–Trinajstić information content (AvgIpc) is 2.42. The second-order valence-electron chi connectivity index (χ2n) is 5.85. The lowest BCUT2D eigenvalue weighted by Crippen LogP contribution is -2.37. The maximum atomic E-state index is 11.2. The summed E-state index contributed by atoms with van der Waals surface area (Å²) in [5.41, 5.74) is -2.57. The van der Waals surface area contributed by atoms with Gasteiger partial charge in [-0.25, -0.2) is 0 Å². The molecule has 0 bridgehead atoms. The molecule has 1 rings (SSSR count). The minimum atomic E-state index is -1.67. The molecule has 0 unspecified atom stereocenters. The topological polar surface area (TPSA) is 94.8 Å². The van der Waals surface area contributed by atoms with Crippen molar-refractivity contribution in [3.63, 3.8) is 0 Å². The Balaban J connectivity index is 2.90. The first-order valence-corrected chi connectivity index (χ1v) is 5.78. The molecule has 0 saturated heterocycles. The van der Waals surface area contributed by atoms with Crippen LogP contribution in [-0.4, -0.2) is 32.9 Å². The Labute approximate surface area is 100 Å². The van der Waals surface area contributed by atoms with Gasteiger partial charge in [0.05, 0.1) is 5.60 Å². The summed E-state index contributed by atoms with van der Waals surface area (Å²) in [6, 6.07) is 0. The number of carboxylic acids is 2. The summed E-state index contributed by atoms with van der Waals surface area (Å²) in [5, 5.41) is 28.0. The van der Waals surface area contributed by atoms with Crippen molar-refractivity contribution in [1.29, 1.82) is 0 Å². The fourth-order valence-electron chi connectivity index (χ4n) is 2.80. The van der Waals surface area contributed by atoms with E-state index in [1.807, 2.05) is 6.92 Å². The van der Waals surface area contributed by atoms with Crippen LogP contribution in [0.3, 0.4) is 0 Å². The van der Waals surface area contributed by atoms with E-state index in [1.165, 1.54) is 0 Å². The predicted octanol–water partition coefficient (Wildman–Crippen LogP) is 1.35. The molecule has 5 nitrogen and oxygen atoms in total. The van der Waals surface area contributed by atoms with E-state index in [2.05, 4.69) is 0 Å². The van der Waals surface area contributed by atoms with Gasteiger partial charge in [0.15, 0.2) is 5.41 Å². The molecule has 0 spiro atoms. The Hall–Kier alpha value is -1.10. The SMILES string of the molecule is C[C@H]1CC(C(=O)O)(C(=O)O)C[C@@H]1CC(C)(C)O. The van der Waals surface area contributed by atoms with Crippen LogP contribution < -0.4 is 0 Å². The van der Waals surface area contributed by atoms with Gasteiger partial charge in [-0.05, 0) is 44.9 Å². The number of hydrogen-bond acceptors (Lipinski definition) is 3. The molecule has 17 heavy (non-hydrogen) atoms. The van der Waals surface area contributed by atoms with Crippen molar-refractivity contribution < 1.29 is 24.9 Å².